The predicted octanol–water partition coefficient (Wildman–Crippen LogP) is 4.83. The van der Waals surface area contributed by atoms with E-state index in [0.717, 1.165) is 21.4 Å². The maximum Gasteiger partial charge on any atom is 0.195 e. The Hall–Kier alpha value is -1.20. The van der Waals surface area contributed by atoms with Gasteiger partial charge in [0.25, 0.3) is 0 Å². The zero-order chi connectivity index (χ0) is 14.4. The summed E-state index contributed by atoms with van der Waals surface area (Å²) in [6.45, 7) is 6.06. The minimum atomic E-state index is 0.623. The fraction of sp³-hybridized carbons (Fsp3) is 0.286. The largest absolute Gasteiger partial charge is 0.304 e. The van der Waals surface area contributed by atoms with Gasteiger partial charge < -0.3 is 4.57 Å². The first-order valence-corrected chi connectivity index (χ1v) is 7.33. The number of nitrogens with one attached hydrogen (secondary N) is 1. The zero-order valence-corrected chi connectivity index (χ0v) is 14.0. The second-order valence-corrected chi connectivity index (χ2v) is 5.09. The van der Waals surface area contributed by atoms with E-state index in [4.69, 9.17) is 12.2 Å². The van der Waals surface area contributed by atoms with E-state index in [-0.39, 0.29) is 0 Å². The van der Waals surface area contributed by atoms with E-state index in [9.17, 15) is 0 Å². The van der Waals surface area contributed by atoms with Crippen molar-refractivity contribution in [1.82, 2.24) is 14.8 Å². The molecule has 0 unspecified atom stereocenters. The number of hydrogen-bond acceptors (Lipinski definition) is 2. The topological polar surface area (TPSA) is 33.6 Å². The van der Waals surface area contributed by atoms with Crippen LogP contribution >= 0.6 is 28.1 Å². The Kier molecular flexibility index (Phi) is 6.18. The van der Waals surface area contributed by atoms with Gasteiger partial charge in [-0.05, 0) is 48.5 Å². The molecular formula is C14H18BrN3S. The van der Waals surface area contributed by atoms with Gasteiger partial charge in [-0.25, -0.2) is 0 Å². The van der Waals surface area contributed by atoms with Crippen LogP contribution in [0.3, 0.4) is 0 Å². The van der Waals surface area contributed by atoms with Crippen LogP contribution in [0.2, 0.25) is 0 Å². The van der Waals surface area contributed by atoms with E-state index in [1.165, 1.54) is 0 Å². The maximum absolute atomic E-state index is 5.07. The molecule has 0 fully saturated rings. The number of halogens is 1. The van der Waals surface area contributed by atoms with E-state index >= 15 is 0 Å². The SMILES string of the molecule is C/C(=C\c1n[nH]c(=S)n1C)c1cccc(Br)c1.CC. The molecule has 0 saturated heterocycles. The lowest BCUT2D eigenvalue weighted by Gasteiger charge is -2.02. The van der Waals surface area contributed by atoms with Gasteiger partial charge >= 0.3 is 0 Å². The Morgan fingerprint density at radius 2 is 2.11 bits per heavy atom. The summed E-state index contributed by atoms with van der Waals surface area (Å²) >= 11 is 8.54. The van der Waals surface area contributed by atoms with Crippen LogP contribution in [0.15, 0.2) is 28.7 Å². The first-order valence-electron chi connectivity index (χ1n) is 6.13. The highest BCUT2D eigenvalue weighted by Gasteiger charge is 2.01. The molecule has 0 saturated carbocycles. The molecule has 102 valence electrons. The second-order valence-electron chi connectivity index (χ2n) is 3.78. The molecule has 1 aromatic heterocycles. The van der Waals surface area contributed by atoms with E-state index in [2.05, 4.69) is 45.2 Å². The Morgan fingerprint density at radius 1 is 1.42 bits per heavy atom. The highest BCUT2D eigenvalue weighted by Crippen LogP contribution is 2.20. The summed E-state index contributed by atoms with van der Waals surface area (Å²) < 4.78 is 3.54. The molecule has 1 aromatic carbocycles. The predicted molar refractivity (Wildman–Crippen MR) is 87.4 cm³/mol. The summed E-state index contributed by atoms with van der Waals surface area (Å²) in [5, 5.41) is 6.93. The summed E-state index contributed by atoms with van der Waals surface area (Å²) in [5.74, 6) is 0.826. The lowest BCUT2D eigenvalue weighted by Crippen LogP contribution is -1.92. The van der Waals surface area contributed by atoms with Crippen molar-refractivity contribution in [2.75, 3.05) is 0 Å². The molecule has 0 atom stereocenters. The van der Waals surface area contributed by atoms with Crippen LogP contribution in [0.5, 0.6) is 0 Å². The van der Waals surface area contributed by atoms with Gasteiger partial charge in [-0.2, -0.15) is 5.10 Å². The molecule has 0 aliphatic carbocycles. The lowest BCUT2D eigenvalue weighted by atomic mass is 10.1. The van der Waals surface area contributed by atoms with Crippen molar-refractivity contribution in [3.05, 3.63) is 44.9 Å². The summed E-state index contributed by atoms with van der Waals surface area (Å²) in [7, 11) is 1.89. The average Bonchev–Trinajstić information content (AvgIpc) is 2.73. The van der Waals surface area contributed by atoms with Crippen molar-refractivity contribution in [1.29, 1.82) is 0 Å². The van der Waals surface area contributed by atoms with Gasteiger partial charge in [-0.15, -0.1) is 0 Å². The number of nitrogens with zero attached hydrogens (tertiary/aromatic N) is 2. The molecule has 0 amide bonds. The molecule has 3 nitrogen and oxygen atoms in total. The van der Waals surface area contributed by atoms with Gasteiger partial charge in [0, 0.05) is 11.5 Å². The Labute approximate surface area is 127 Å². The maximum atomic E-state index is 5.07. The van der Waals surface area contributed by atoms with Gasteiger partial charge in [-0.1, -0.05) is 41.9 Å². The molecular weight excluding hydrogens is 322 g/mol. The van der Waals surface area contributed by atoms with Crippen molar-refractivity contribution < 1.29 is 0 Å². The van der Waals surface area contributed by atoms with Crippen molar-refractivity contribution >= 4 is 39.8 Å². The highest BCUT2D eigenvalue weighted by molar-refractivity contribution is 9.10. The van der Waals surface area contributed by atoms with Gasteiger partial charge in [0.05, 0.1) is 0 Å². The fourth-order valence-corrected chi connectivity index (χ4v) is 2.04. The average molecular weight is 340 g/mol. The first-order chi connectivity index (χ1) is 9.08. The van der Waals surface area contributed by atoms with Crippen molar-refractivity contribution in [2.45, 2.75) is 20.8 Å². The lowest BCUT2D eigenvalue weighted by molar-refractivity contribution is 0.881. The third-order valence-electron chi connectivity index (χ3n) is 2.54. The Morgan fingerprint density at radius 3 is 2.63 bits per heavy atom. The van der Waals surface area contributed by atoms with Gasteiger partial charge in [0.1, 0.15) is 0 Å². The highest BCUT2D eigenvalue weighted by atomic mass is 79.9. The van der Waals surface area contributed by atoms with Crippen LogP contribution in [0, 0.1) is 4.77 Å². The number of H-pyrrole nitrogens is 1. The van der Waals surface area contributed by atoms with Gasteiger partial charge in [0.15, 0.2) is 10.6 Å². The molecule has 0 radical (unpaired) electrons. The van der Waals surface area contributed by atoms with E-state index < -0.39 is 0 Å². The Balaban J connectivity index is 0.000000861. The zero-order valence-electron chi connectivity index (χ0n) is 11.6. The standard InChI is InChI=1S/C12H12BrN3S.C2H6/c1-8(9-4-3-5-10(13)7-9)6-11-14-15-12(17)16(11)2;1-2/h3-7H,1-2H3,(H,15,17);1-2H3/b8-6+;. The summed E-state index contributed by atoms with van der Waals surface area (Å²) in [6, 6.07) is 8.16. The number of rotatable bonds is 2. The molecule has 1 heterocycles. The molecule has 0 aliphatic rings. The summed E-state index contributed by atoms with van der Waals surface area (Å²) in [6.07, 6.45) is 2.01. The molecule has 0 aliphatic heterocycles. The van der Waals surface area contributed by atoms with E-state index in [0.29, 0.717) is 4.77 Å². The first kappa shape index (κ1) is 15.9. The second kappa shape index (κ2) is 7.40. The van der Waals surface area contributed by atoms with Crippen molar-refractivity contribution in [3.63, 3.8) is 0 Å². The molecule has 2 rings (SSSR count). The van der Waals surface area contributed by atoms with E-state index in [1.54, 1.807) is 0 Å². The van der Waals surface area contributed by atoms with Crippen molar-refractivity contribution in [2.24, 2.45) is 7.05 Å². The molecule has 0 spiro atoms. The summed E-state index contributed by atoms with van der Waals surface area (Å²) in [4.78, 5) is 0. The van der Waals surface area contributed by atoms with Gasteiger partial charge in [-0.3, -0.25) is 5.10 Å². The van der Waals surface area contributed by atoms with Crippen LogP contribution in [0.1, 0.15) is 32.2 Å². The summed E-state index contributed by atoms with van der Waals surface area (Å²) in [5.41, 5.74) is 2.30. The molecule has 0 bridgehead atoms. The Bertz CT molecular complexity index is 626. The molecule has 5 heteroatoms. The minimum absolute atomic E-state index is 0.623. The van der Waals surface area contributed by atoms with Crippen molar-refractivity contribution in [3.8, 4) is 0 Å². The van der Waals surface area contributed by atoms with Crippen LogP contribution in [-0.4, -0.2) is 14.8 Å². The minimum Gasteiger partial charge on any atom is -0.304 e. The third kappa shape index (κ3) is 4.14. The van der Waals surface area contributed by atoms with Crippen LogP contribution < -0.4 is 0 Å². The quantitative estimate of drug-likeness (QED) is 0.795. The number of aromatic amines is 1. The number of hydrogen-bond donors (Lipinski definition) is 1. The monoisotopic (exact) mass is 339 g/mol. The van der Waals surface area contributed by atoms with E-state index in [1.807, 2.05) is 43.7 Å². The third-order valence-corrected chi connectivity index (χ3v) is 3.40. The fourth-order valence-electron chi connectivity index (χ4n) is 1.50. The molecule has 1 N–H and O–H groups in total. The molecule has 19 heavy (non-hydrogen) atoms. The van der Waals surface area contributed by atoms with Crippen LogP contribution in [0.4, 0.5) is 0 Å². The van der Waals surface area contributed by atoms with Crippen LogP contribution in [-0.2, 0) is 7.05 Å². The van der Waals surface area contributed by atoms with Gasteiger partial charge in [0.2, 0.25) is 0 Å². The number of benzene rings is 1. The number of allylic oxidation sites excluding steroid dienone is 1. The van der Waals surface area contributed by atoms with Crippen LogP contribution in [0.25, 0.3) is 11.6 Å². The normalized spacial score (nSPS) is 10.9. The molecule has 2 aromatic rings. The number of aromatic nitrogens is 3. The smallest absolute Gasteiger partial charge is 0.195 e.